The summed E-state index contributed by atoms with van der Waals surface area (Å²) >= 11 is 1.74. The molecule has 0 spiro atoms. The topological polar surface area (TPSA) is 0 Å². The van der Waals surface area contributed by atoms with Crippen molar-refractivity contribution < 1.29 is 101 Å². The van der Waals surface area contributed by atoms with Gasteiger partial charge in [-0.1, -0.05) is 23.3 Å². The summed E-state index contributed by atoms with van der Waals surface area (Å²) in [5, 5.41) is 3.10. The van der Waals surface area contributed by atoms with Gasteiger partial charge in [-0.3, -0.25) is 0 Å². The zero-order valence-electron chi connectivity index (χ0n) is 37.2. The van der Waals surface area contributed by atoms with Crippen LogP contribution in [0, 0.1) is 22.7 Å². The molecule has 0 heterocycles. The van der Waals surface area contributed by atoms with Crippen molar-refractivity contribution in [2.75, 3.05) is 0 Å². The van der Waals surface area contributed by atoms with Crippen LogP contribution in [0.3, 0.4) is 0 Å². The van der Waals surface area contributed by atoms with Gasteiger partial charge < -0.3 is 24.8 Å². The number of rotatable bonds is 6. The second-order valence-corrected chi connectivity index (χ2v) is 29.0. The van der Waals surface area contributed by atoms with Gasteiger partial charge in [-0.25, -0.2) is 0 Å². The fourth-order valence-corrected chi connectivity index (χ4v) is 11.5. The number of alkyl halides is 12. The average Bonchev–Trinajstić information content (AvgIpc) is 4.10. The van der Waals surface area contributed by atoms with Crippen molar-refractivity contribution in [2.45, 2.75) is 115 Å². The van der Waals surface area contributed by atoms with Crippen LogP contribution in [0.25, 0.3) is 43.8 Å². The van der Waals surface area contributed by atoms with Crippen LogP contribution in [0.1, 0.15) is 97.6 Å². The van der Waals surface area contributed by atoms with Crippen molar-refractivity contribution in [1.29, 1.82) is 0 Å². The molecule has 0 N–H and O–H groups in total. The zero-order valence-corrected chi connectivity index (χ0v) is 42.1. The molecule has 16 heteroatoms. The molecule has 364 valence electrons. The Bertz CT molecular complexity index is 2490. The van der Waals surface area contributed by atoms with Crippen LogP contribution in [0.5, 0.6) is 0 Å². The minimum Gasteiger partial charge on any atom is -1.00 e. The fraction of sp³-hybridized carbons (Fsp3) is 0.423. The van der Waals surface area contributed by atoms with Crippen molar-refractivity contribution in [3.05, 3.63) is 130 Å². The Balaban J connectivity index is 0.000000202. The van der Waals surface area contributed by atoms with Crippen molar-refractivity contribution in [1.82, 2.24) is 0 Å². The van der Waals surface area contributed by atoms with Gasteiger partial charge in [-0.2, -0.15) is 64.8 Å². The van der Waals surface area contributed by atoms with Crippen molar-refractivity contribution in [2.24, 2.45) is 22.7 Å². The first-order valence-electron chi connectivity index (χ1n) is 22.3. The molecule has 10 rings (SSSR count). The average molecular weight is 1090 g/mol. The molecular weight excluding hydrogens is 1040 g/mol. The van der Waals surface area contributed by atoms with E-state index in [4.69, 9.17) is 0 Å². The van der Waals surface area contributed by atoms with Crippen LogP contribution < -0.4 is 24.8 Å². The van der Waals surface area contributed by atoms with E-state index in [9.17, 15) is 52.7 Å². The molecule has 68 heavy (non-hydrogen) atoms. The van der Waals surface area contributed by atoms with E-state index in [2.05, 4.69) is 13.1 Å². The Morgan fingerprint density at radius 2 is 0.794 bits per heavy atom. The summed E-state index contributed by atoms with van der Waals surface area (Å²) in [6.07, 6.45) is -5.28. The molecule has 0 unspecified atom stereocenters. The standard InChI is InChI=1S/2C25H21F6.C2H6Si.2ClH.Zr/c2*26-24(27,28)19-10-18(11-20(12-19)25(29,30)31)21-3-1-2-17-8-16(9-22(17)21)14-23-6-4-15(13-23)5-7-23;1-3-2;;;/h2*1-3,8-12,15H,4-7,13-14H2;1-2H3;2*1H;/q2*-1;;;;+2/p-2. The maximum absolute atomic E-state index is 13.3. The van der Waals surface area contributed by atoms with Gasteiger partial charge >= 0.3 is 66.6 Å². The molecule has 0 aromatic heterocycles. The molecule has 4 aliphatic carbocycles. The molecule has 4 saturated carbocycles. The predicted molar refractivity (Wildman–Crippen MR) is 233 cm³/mol. The summed E-state index contributed by atoms with van der Waals surface area (Å²) in [5.74, 6) is 1.62. The molecule has 4 aliphatic rings. The number of benzene rings is 4. The molecule has 0 radical (unpaired) electrons. The first kappa shape index (κ1) is 54.3. The third-order valence-electron chi connectivity index (χ3n) is 14.4. The Hall–Kier alpha value is -3.06. The number of halogens is 14. The van der Waals surface area contributed by atoms with E-state index < -0.39 is 47.0 Å². The normalized spacial score (nSPS) is 22.1. The summed E-state index contributed by atoms with van der Waals surface area (Å²) in [4.78, 5) is 0. The monoisotopic (exact) mass is 1090 g/mol. The van der Waals surface area contributed by atoms with Crippen LogP contribution in [-0.4, -0.2) is 5.43 Å². The summed E-state index contributed by atoms with van der Waals surface area (Å²) in [6, 6.07) is 21.9. The molecule has 0 saturated heterocycles. The Kier molecular flexibility index (Phi) is 16.1. The van der Waals surface area contributed by atoms with E-state index in [0.29, 0.717) is 32.7 Å². The van der Waals surface area contributed by atoms with Crippen LogP contribution in [0.15, 0.2) is 97.1 Å². The maximum Gasteiger partial charge on any atom is 0.416 e. The number of hydrogen-bond acceptors (Lipinski definition) is 0. The van der Waals surface area contributed by atoms with Gasteiger partial charge in [0.05, 0.1) is 22.3 Å². The van der Waals surface area contributed by atoms with E-state index >= 15 is 0 Å². The molecule has 6 aromatic rings. The summed E-state index contributed by atoms with van der Waals surface area (Å²) < 4.78 is 160. The largest absolute Gasteiger partial charge is 1.00 e. The van der Waals surface area contributed by atoms with E-state index in [-0.39, 0.29) is 53.5 Å². The van der Waals surface area contributed by atoms with E-state index in [1.165, 1.54) is 64.2 Å². The Labute approximate surface area is 415 Å². The van der Waals surface area contributed by atoms with Crippen LogP contribution in [0.4, 0.5) is 52.7 Å². The predicted octanol–water partition coefficient (Wildman–Crippen LogP) is 11.6. The number of hydrogen-bond donors (Lipinski definition) is 0. The van der Waals surface area contributed by atoms with Crippen LogP contribution in [-0.2, 0) is 60.9 Å². The second-order valence-electron chi connectivity index (χ2n) is 19.6. The van der Waals surface area contributed by atoms with Crippen LogP contribution >= 0.6 is 0 Å². The molecule has 6 aromatic carbocycles. The third-order valence-corrected chi connectivity index (χ3v) is 14.4. The molecule has 0 atom stereocenters. The smallest absolute Gasteiger partial charge is 0.416 e. The van der Waals surface area contributed by atoms with Crippen molar-refractivity contribution in [3.63, 3.8) is 0 Å². The van der Waals surface area contributed by atoms with Crippen molar-refractivity contribution in [3.8, 4) is 22.3 Å². The third kappa shape index (κ3) is 12.2. The summed E-state index contributed by atoms with van der Waals surface area (Å²) in [5.41, 5.74) is -1.42. The van der Waals surface area contributed by atoms with E-state index in [0.717, 1.165) is 70.8 Å². The molecular formula is C52H48Cl2F12SiZr-2. The quantitative estimate of drug-likeness (QED) is 0.0886. The van der Waals surface area contributed by atoms with Gasteiger partial charge in [0.1, 0.15) is 0 Å². The first-order chi connectivity index (χ1) is 30.8. The number of fused-ring (bicyclic) bond motifs is 6. The van der Waals surface area contributed by atoms with Gasteiger partial charge in [0.25, 0.3) is 0 Å². The van der Waals surface area contributed by atoms with Gasteiger partial charge in [0, 0.05) is 0 Å². The molecule has 0 nitrogen and oxygen atoms in total. The molecule has 4 fully saturated rings. The SMILES string of the molecule is C[Si](C)=[Zr+2].FC(F)(F)c1cc(-c2cccc3[cH-]c(CC45CCC(CC4)C5)cc23)cc(C(F)(F)F)c1.FC(F)(F)c1cc(-c2cccc3[cH-]c(CC45CCC(CC4)C5)cc23)cc(C(F)(F)F)c1.[Cl-].[Cl-]. The minimum atomic E-state index is -4.86. The molecule has 4 bridgehead atoms. The Morgan fingerprint density at radius 1 is 0.500 bits per heavy atom. The van der Waals surface area contributed by atoms with Gasteiger partial charge in [0.2, 0.25) is 0 Å². The van der Waals surface area contributed by atoms with E-state index in [1.54, 1.807) is 47.6 Å². The second kappa shape index (κ2) is 20.2. The van der Waals surface area contributed by atoms with Crippen LogP contribution in [0.2, 0.25) is 13.1 Å². The van der Waals surface area contributed by atoms with Crippen molar-refractivity contribution >= 4 is 27.0 Å². The molecule has 0 aliphatic heterocycles. The Morgan fingerprint density at radius 3 is 1.04 bits per heavy atom. The van der Waals surface area contributed by atoms with Gasteiger partial charge in [-0.05, 0) is 147 Å². The van der Waals surface area contributed by atoms with Gasteiger partial charge in [-0.15, -0.1) is 69.1 Å². The summed E-state index contributed by atoms with van der Waals surface area (Å²) in [7, 11) is 0. The fourth-order valence-electron chi connectivity index (χ4n) is 11.5. The summed E-state index contributed by atoms with van der Waals surface area (Å²) in [6.45, 7) is 4.62. The zero-order chi connectivity index (χ0) is 47.6. The minimum absolute atomic E-state index is 0. The molecule has 0 amide bonds. The first-order valence-corrected chi connectivity index (χ1v) is 28.5. The maximum atomic E-state index is 13.3. The van der Waals surface area contributed by atoms with Gasteiger partial charge in [0.15, 0.2) is 0 Å². The van der Waals surface area contributed by atoms with E-state index in [1.807, 2.05) is 36.4 Å².